The number of hydrogen-bond donors (Lipinski definition) is 1. The molecule has 5 heteroatoms. The Labute approximate surface area is 139 Å². The summed E-state index contributed by atoms with van der Waals surface area (Å²) in [5, 5.41) is 14.2. The van der Waals surface area contributed by atoms with Crippen molar-refractivity contribution in [2.75, 3.05) is 13.1 Å². The minimum absolute atomic E-state index is 0.0617. The number of ketones is 1. The van der Waals surface area contributed by atoms with Crippen LogP contribution in [0.25, 0.3) is 6.08 Å². The molecular weight excluding hydrogens is 310 g/mol. The first-order valence-corrected chi connectivity index (χ1v) is 8.66. The number of fused-ring (bicyclic) bond motifs is 1. The fourth-order valence-corrected chi connectivity index (χ4v) is 3.36. The molecule has 4 nitrogen and oxygen atoms in total. The Kier molecular flexibility index (Phi) is 4.50. The average molecular weight is 329 g/mol. The molecule has 0 saturated carbocycles. The van der Waals surface area contributed by atoms with Gasteiger partial charge in [-0.15, -0.1) is 11.3 Å². The highest BCUT2D eigenvalue weighted by molar-refractivity contribution is 7.10. The van der Waals surface area contributed by atoms with Gasteiger partial charge < -0.3 is 14.7 Å². The van der Waals surface area contributed by atoms with E-state index < -0.39 is 0 Å². The van der Waals surface area contributed by atoms with E-state index in [9.17, 15) is 9.90 Å². The normalized spacial score (nSPS) is 15.3. The summed E-state index contributed by atoms with van der Waals surface area (Å²) >= 11 is 1.54. The Balaban J connectivity index is 1.98. The third-order valence-electron chi connectivity index (χ3n) is 4.14. The Morgan fingerprint density at radius 1 is 1.26 bits per heavy atom. The number of quaternary nitrogens is 1. The van der Waals surface area contributed by atoms with Crippen molar-refractivity contribution >= 4 is 23.2 Å². The zero-order valence-corrected chi connectivity index (χ0v) is 14.0. The lowest BCUT2D eigenvalue weighted by atomic mass is 10.0. The van der Waals surface area contributed by atoms with Gasteiger partial charge in [-0.05, 0) is 31.4 Å². The van der Waals surface area contributed by atoms with Gasteiger partial charge in [0.2, 0.25) is 5.78 Å². The highest BCUT2D eigenvalue weighted by Crippen LogP contribution is 2.38. The predicted molar refractivity (Wildman–Crippen MR) is 88.9 cm³/mol. The minimum atomic E-state index is -0.149. The molecule has 0 radical (unpaired) electrons. The van der Waals surface area contributed by atoms with Crippen molar-refractivity contribution in [1.82, 2.24) is 0 Å². The molecule has 1 aliphatic heterocycles. The zero-order valence-electron chi connectivity index (χ0n) is 13.2. The third kappa shape index (κ3) is 3.02. The van der Waals surface area contributed by atoms with Crippen molar-refractivity contribution in [2.24, 2.45) is 0 Å². The highest BCUT2D eigenvalue weighted by atomic mass is 32.1. The maximum atomic E-state index is 12.5. The van der Waals surface area contributed by atoms with Gasteiger partial charge in [-0.3, -0.25) is 4.79 Å². The Morgan fingerprint density at radius 2 is 2.04 bits per heavy atom. The summed E-state index contributed by atoms with van der Waals surface area (Å²) in [6, 6.07) is 6.91. The quantitative estimate of drug-likeness (QED) is 0.852. The number of allylic oxidation sites excluding steroid dienone is 1. The number of benzene rings is 1. The van der Waals surface area contributed by atoms with Crippen LogP contribution in [-0.2, 0) is 6.54 Å². The second-order valence-electron chi connectivity index (χ2n) is 5.51. The van der Waals surface area contributed by atoms with Crippen molar-refractivity contribution in [2.45, 2.75) is 20.4 Å². The molecule has 0 spiro atoms. The van der Waals surface area contributed by atoms with Gasteiger partial charge in [0, 0.05) is 16.5 Å². The van der Waals surface area contributed by atoms with Gasteiger partial charge in [-0.25, -0.2) is 0 Å². The number of carbonyl (C=O) groups is 1. The molecule has 0 unspecified atom stereocenters. The molecule has 0 fully saturated rings. The number of ether oxygens (including phenoxy) is 1. The van der Waals surface area contributed by atoms with E-state index in [-0.39, 0.29) is 11.5 Å². The molecule has 2 heterocycles. The summed E-state index contributed by atoms with van der Waals surface area (Å²) in [4.78, 5) is 14.8. The summed E-state index contributed by atoms with van der Waals surface area (Å²) in [7, 11) is 0. The molecule has 120 valence electrons. The topological polar surface area (TPSA) is 53.8 Å². The summed E-state index contributed by atoms with van der Waals surface area (Å²) in [6.07, 6.45) is 1.74. The van der Waals surface area contributed by atoms with Gasteiger partial charge >= 0.3 is 0 Å². The maximum absolute atomic E-state index is 12.5. The van der Waals surface area contributed by atoms with Crippen molar-refractivity contribution < 1.29 is 19.5 Å². The summed E-state index contributed by atoms with van der Waals surface area (Å²) < 4.78 is 5.80. The van der Waals surface area contributed by atoms with Crippen LogP contribution in [0.5, 0.6) is 11.5 Å². The monoisotopic (exact) mass is 329 g/mol. The largest absolute Gasteiger partial charge is 0.872 e. The number of rotatable bonds is 5. The van der Waals surface area contributed by atoms with E-state index in [2.05, 4.69) is 13.8 Å². The van der Waals surface area contributed by atoms with Gasteiger partial charge in [-0.1, -0.05) is 17.9 Å². The Morgan fingerprint density at radius 3 is 2.70 bits per heavy atom. The van der Waals surface area contributed by atoms with Crippen molar-refractivity contribution in [3.63, 3.8) is 0 Å². The van der Waals surface area contributed by atoms with Crippen LogP contribution in [0.15, 0.2) is 35.4 Å². The smallest absolute Gasteiger partial charge is 0.232 e. The molecule has 1 aromatic heterocycles. The van der Waals surface area contributed by atoms with E-state index in [0.717, 1.165) is 18.0 Å². The Hall–Kier alpha value is -2.11. The third-order valence-corrected chi connectivity index (χ3v) is 4.96. The van der Waals surface area contributed by atoms with Crippen molar-refractivity contribution in [3.8, 4) is 11.5 Å². The second kappa shape index (κ2) is 6.56. The molecule has 0 saturated heterocycles. The van der Waals surface area contributed by atoms with Crippen molar-refractivity contribution in [1.29, 1.82) is 0 Å². The number of Topliss-reactive ketones (excluding diaryl/α,β-unsaturated/α-hetero) is 1. The van der Waals surface area contributed by atoms with E-state index in [1.54, 1.807) is 23.5 Å². The molecule has 2 aromatic rings. The summed E-state index contributed by atoms with van der Waals surface area (Å²) in [5.41, 5.74) is 1.10. The van der Waals surface area contributed by atoms with Gasteiger partial charge in [0.05, 0.1) is 18.7 Å². The fraction of sp³-hybridized carbons (Fsp3) is 0.278. The SMILES string of the molecule is CC[NH+](CC)Cc1c([O-])ccc2c1OC(=Cc1cccs1)C2=O. The van der Waals surface area contributed by atoms with Crippen LogP contribution in [0.1, 0.15) is 34.6 Å². The standard InChI is InChI=1S/C18H19NO3S/c1-3-19(4-2)11-14-15(20)8-7-13-17(21)16(22-18(13)14)10-12-6-5-9-23-12/h5-10,20H,3-4,11H2,1-2H3. The predicted octanol–water partition coefficient (Wildman–Crippen LogP) is 1.86. The molecule has 1 N–H and O–H groups in total. The van der Waals surface area contributed by atoms with Crippen LogP contribution in [0, 0.1) is 0 Å². The van der Waals surface area contributed by atoms with Crippen LogP contribution in [0.2, 0.25) is 0 Å². The molecule has 23 heavy (non-hydrogen) atoms. The highest BCUT2D eigenvalue weighted by Gasteiger charge is 2.30. The van der Waals surface area contributed by atoms with Gasteiger partial charge in [0.15, 0.2) is 5.76 Å². The first kappa shape index (κ1) is 15.8. The minimum Gasteiger partial charge on any atom is -0.872 e. The second-order valence-corrected chi connectivity index (χ2v) is 6.49. The van der Waals surface area contributed by atoms with E-state index in [1.807, 2.05) is 17.5 Å². The molecule has 0 aliphatic carbocycles. The molecule has 0 amide bonds. The van der Waals surface area contributed by atoms with E-state index >= 15 is 0 Å². The zero-order chi connectivity index (χ0) is 16.4. The summed E-state index contributed by atoms with van der Waals surface area (Å²) in [5.74, 6) is 0.533. The van der Waals surface area contributed by atoms with E-state index in [4.69, 9.17) is 4.74 Å². The molecule has 1 aromatic carbocycles. The van der Waals surface area contributed by atoms with Crippen LogP contribution in [-0.4, -0.2) is 18.9 Å². The number of hydrogen-bond acceptors (Lipinski definition) is 4. The van der Waals surface area contributed by atoms with E-state index in [1.165, 1.54) is 11.0 Å². The number of nitrogens with one attached hydrogen (secondary N) is 1. The van der Waals surface area contributed by atoms with Crippen LogP contribution in [0.3, 0.4) is 0 Å². The molecule has 0 atom stereocenters. The lowest BCUT2D eigenvalue weighted by Crippen LogP contribution is -3.10. The number of carbonyl (C=O) groups excluding carboxylic acids is 1. The van der Waals surface area contributed by atoms with Crippen LogP contribution < -0.4 is 14.7 Å². The number of thiophene rings is 1. The van der Waals surface area contributed by atoms with Gasteiger partial charge in [0.25, 0.3) is 0 Å². The lowest BCUT2D eigenvalue weighted by molar-refractivity contribution is -0.910. The van der Waals surface area contributed by atoms with Crippen LogP contribution in [0.4, 0.5) is 0 Å². The van der Waals surface area contributed by atoms with Gasteiger partial charge in [-0.2, -0.15) is 0 Å². The Bertz CT molecular complexity index is 746. The summed E-state index contributed by atoms with van der Waals surface area (Å²) in [6.45, 7) is 6.59. The van der Waals surface area contributed by atoms with Crippen LogP contribution >= 0.6 is 11.3 Å². The average Bonchev–Trinajstić information content (AvgIpc) is 3.16. The molecule has 0 bridgehead atoms. The maximum Gasteiger partial charge on any atom is 0.232 e. The van der Waals surface area contributed by atoms with E-state index in [0.29, 0.717) is 29.2 Å². The van der Waals surface area contributed by atoms with Crippen molar-refractivity contribution in [3.05, 3.63) is 51.4 Å². The first-order chi connectivity index (χ1) is 11.1. The lowest BCUT2D eigenvalue weighted by Gasteiger charge is -2.21. The molecule has 3 rings (SSSR count). The fourth-order valence-electron chi connectivity index (χ4n) is 2.71. The molecular formula is C18H19NO3S. The molecule has 1 aliphatic rings. The first-order valence-electron chi connectivity index (χ1n) is 7.78. The van der Waals surface area contributed by atoms with Gasteiger partial charge in [0.1, 0.15) is 12.3 Å².